The van der Waals surface area contributed by atoms with Gasteiger partial charge in [-0.3, -0.25) is 0 Å². The first-order chi connectivity index (χ1) is 9.83. The smallest absolute Gasteiger partial charge is 0.118 e. The fourth-order valence-corrected chi connectivity index (χ4v) is 2.10. The third-order valence-electron chi connectivity index (χ3n) is 3.24. The first kappa shape index (κ1) is 14.2. The third kappa shape index (κ3) is 3.88. The van der Waals surface area contributed by atoms with E-state index in [1.54, 1.807) is 7.11 Å². The van der Waals surface area contributed by atoms with Crippen LogP contribution in [0.5, 0.6) is 5.75 Å². The first-order valence-corrected chi connectivity index (χ1v) is 6.68. The predicted molar refractivity (Wildman–Crippen MR) is 82.5 cm³/mol. The summed E-state index contributed by atoms with van der Waals surface area (Å²) in [5.41, 5.74) is 2.43. The average Bonchev–Trinajstić information content (AvgIpc) is 2.53. The molecule has 0 spiro atoms. The van der Waals surface area contributed by atoms with Crippen molar-refractivity contribution >= 4 is 0 Å². The number of nitrogens with one attached hydrogen (secondary N) is 1. The zero-order valence-corrected chi connectivity index (χ0v) is 11.7. The van der Waals surface area contributed by atoms with Crippen molar-refractivity contribution in [1.82, 2.24) is 5.32 Å². The quantitative estimate of drug-likeness (QED) is 0.806. The largest absolute Gasteiger partial charge is 0.497 e. The number of rotatable bonds is 6. The summed E-state index contributed by atoms with van der Waals surface area (Å²) in [6.07, 6.45) is 6.15. The van der Waals surface area contributed by atoms with Crippen molar-refractivity contribution in [3.05, 3.63) is 65.7 Å². The van der Waals surface area contributed by atoms with Gasteiger partial charge in [-0.25, -0.2) is 0 Å². The molecule has 2 nitrogen and oxygen atoms in total. The second-order valence-electron chi connectivity index (χ2n) is 4.60. The Morgan fingerprint density at radius 2 is 1.80 bits per heavy atom. The number of benzene rings is 2. The van der Waals surface area contributed by atoms with E-state index in [1.165, 1.54) is 11.1 Å². The number of methoxy groups -OCH3 is 1. The highest BCUT2D eigenvalue weighted by molar-refractivity contribution is 5.27. The molecular formula is C18H19NO. The highest BCUT2D eigenvalue weighted by Gasteiger charge is 2.09. The summed E-state index contributed by atoms with van der Waals surface area (Å²) in [4.78, 5) is 0. The Labute approximate surface area is 120 Å². The van der Waals surface area contributed by atoms with E-state index in [-0.39, 0.29) is 6.04 Å². The molecule has 2 rings (SSSR count). The minimum Gasteiger partial charge on any atom is -0.497 e. The van der Waals surface area contributed by atoms with Crippen LogP contribution < -0.4 is 10.1 Å². The molecule has 2 aromatic carbocycles. The molecule has 0 heterocycles. The van der Waals surface area contributed by atoms with Crippen molar-refractivity contribution in [3.8, 4) is 18.1 Å². The summed E-state index contributed by atoms with van der Waals surface area (Å²) in [6.45, 7) is 0.783. The Morgan fingerprint density at radius 1 is 1.10 bits per heavy atom. The summed E-state index contributed by atoms with van der Waals surface area (Å²) < 4.78 is 5.16. The zero-order valence-electron chi connectivity index (χ0n) is 11.7. The number of hydrogen-bond acceptors (Lipinski definition) is 2. The van der Waals surface area contributed by atoms with Crippen LogP contribution >= 0.6 is 0 Å². The van der Waals surface area contributed by atoms with E-state index in [9.17, 15) is 0 Å². The SMILES string of the molecule is C#CCC(NCc1ccc(OC)cc1)c1ccccc1. The van der Waals surface area contributed by atoms with Gasteiger partial charge < -0.3 is 10.1 Å². The Morgan fingerprint density at radius 3 is 2.40 bits per heavy atom. The van der Waals surface area contributed by atoms with Crippen LogP contribution in [0.2, 0.25) is 0 Å². The second-order valence-corrected chi connectivity index (χ2v) is 4.60. The summed E-state index contributed by atoms with van der Waals surface area (Å²) >= 11 is 0. The molecule has 0 radical (unpaired) electrons. The standard InChI is InChI=1S/C18H19NO/c1-3-7-18(16-8-5-4-6-9-16)19-14-15-10-12-17(20-2)13-11-15/h1,4-6,8-13,18-19H,7,14H2,2H3. The van der Waals surface area contributed by atoms with Crippen molar-refractivity contribution in [2.24, 2.45) is 0 Å². The summed E-state index contributed by atoms with van der Waals surface area (Å²) in [5, 5.41) is 3.51. The van der Waals surface area contributed by atoms with Crippen molar-refractivity contribution in [3.63, 3.8) is 0 Å². The van der Waals surface area contributed by atoms with Crippen LogP contribution in [0.1, 0.15) is 23.6 Å². The molecule has 0 aliphatic carbocycles. The fraction of sp³-hybridized carbons (Fsp3) is 0.222. The highest BCUT2D eigenvalue weighted by atomic mass is 16.5. The molecule has 0 saturated heterocycles. The van der Waals surface area contributed by atoms with E-state index in [1.807, 2.05) is 30.3 Å². The average molecular weight is 265 g/mol. The zero-order chi connectivity index (χ0) is 14.2. The van der Waals surface area contributed by atoms with E-state index >= 15 is 0 Å². The van der Waals surface area contributed by atoms with E-state index in [2.05, 4.69) is 35.5 Å². The monoisotopic (exact) mass is 265 g/mol. The number of terminal acetylenes is 1. The maximum Gasteiger partial charge on any atom is 0.118 e. The van der Waals surface area contributed by atoms with E-state index in [0.717, 1.165) is 12.3 Å². The Bertz CT molecular complexity index is 554. The van der Waals surface area contributed by atoms with E-state index in [0.29, 0.717) is 6.42 Å². The van der Waals surface area contributed by atoms with Crippen LogP contribution in [0.3, 0.4) is 0 Å². The maximum atomic E-state index is 5.47. The molecule has 0 saturated carbocycles. The van der Waals surface area contributed by atoms with Crippen LogP contribution in [0.25, 0.3) is 0 Å². The van der Waals surface area contributed by atoms with Gasteiger partial charge in [-0.05, 0) is 23.3 Å². The Kier molecular flexibility index (Phi) is 5.23. The molecule has 0 aliphatic rings. The lowest BCUT2D eigenvalue weighted by Gasteiger charge is -2.17. The van der Waals surface area contributed by atoms with Crippen molar-refractivity contribution in [1.29, 1.82) is 0 Å². The summed E-state index contributed by atoms with van der Waals surface area (Å²) in [6, 6.07) is 18.5. The van der Waals surface area contributed by atoms with Gasteiger partial charge in [0.15, 0.2) is 0 Å². The third-order valence-corrected chi connectivity index (χ3v) is 3.24. The number of ether oxygens (including phenoxy) is 1. The Balaban J connectivity index is 2.00. The van der Waals surface area contributed by atoms with Crippen LogP contribution in [-0.2, 0) is 6.54 Å². The first-order valence-electron chi connectivity index (χ1n) is 6.68. The van der Waals surface area contributed by atoms with E-state index < -0.39 is 0 Å². The van der Waals surface area contributed by atoms with Gasteiger partial charge >= 0.3 is 0 Å². The molecule has 20 heavy (non-hydrogen) atoms. The van der Waals surface area contributed by atoms with Crippen LogP contribution in [0, 0.1) is 12.3 Å². The molecule has 1 atom stereocenters. The van der Waals surface area contributed by atoms with Gasteiger partial charge in [0.1, 0.15) is 5.75 Å². The Hall–Kier alpha value is -2.24. The highest BCUT2D eigenvalue weighted by Crippen LogP contribution is 2.17. The van der Waals surface area contributed by atoms with Crippen molar-refractivity contribution in [2.75, 3.05) is 7.11 Å². The predicted octanol–water partition coefficient (Wildman–Crippen LogP) is 3.55. The minimum absolute atomic E-state index is 0.184. The van der Waals surface area contributed by atoms with Gasteiger partial charge in [0.05, 0.1) is 7.11 Å². The maximum absolute atomic E-state index is 5.47. The van der Waals surface area contributed by atoms with Gasteiger partial charge in [0.2, 0.25) is 0 Å². The molecule has 1 unspecified atom stereocenters. The molecule has 2 heteroatoms. The molecule has 0 aromatic heterocycles. The summed E-state index contributed by atoms with van der Waals surface area (Å²) in [7, 11) is 1.67. The van der Waals surface area contributed by atoms with Crippen LogP contribution in [-0.4, -0.2) is 7.11 Å². The topological polar surface area (TPSA) is 21.3 Å². The van der Waals surface area contributed by atoms with Gasteiger partial charge in [0, 0.05) is 19.0 Å². The van der Waals surface area contributed by atoms with Gasteiger partial charge in [-0.1, -0.05) is 42.5 Å². The van der Waals surface area contributed by atoms with Crippen LogP contribution in [0.15, 0.2) is 54.6 Å². The van der Waals surface area contributed by atoms with Crippen LogP contribution in [0.4, 0.5) is 0 Å². The molecular weight excluding hydrogens is 246 g/mol. The van der Waals surface area contributed by atoms with Crippen molar-refractivity contribution in [2.45, 2.75) is 19.0 Å². The summed E-state index contributed by atoms with van der Waals surface area (Å²) in [5.74, 6) is 3.61. The number of hydrogen-bond donors (Lipinski definition) is 1. The fourth-order valence-electron chi connectivity index (χ4n) is 2.10. The second kappa shape index (κ2) is 7.37. The van der Waals surface area contributed by atoms with Gasteiger partial charge in [-0.2, -0.15) is 0 Å². The lowest BCUT2D eigenvalue weighted by molar-refractivity contribution is 0.414. The molecule has 0 fully saturated rings. The molecule has 1 N–H and O–H groups in total. The van der Waals surface area contributed by atoms with Gasteiger partial charge in [0.25, 0.3) is 0 Å². The molecule has 0 amide bonds. The van der Waals surface area contributed by atoms with Crippen molar-refractivity contribution < 1.29 is 4.74 Å². The molecule has 2 aromatic rings. The van der Waals surface area contributed by atoms with E-state index in [4.69, 9.17) is 11.2 Å². The lowest BCUT2D eigenvalue weighted by atomic mass is 10.0. The molecule has 102 valence electrons. The van der Waals surface area contributed by atoms with Gasteiger partial charge in [-0.15, -0.1) is 12.3 Å². The molecule has 0 aliphatic heterocycles. The normalized spacial score (nSPS) is 11.6. The lowest BCUT2D eigenvalue weighted by Crippen LogP contribution is -2.20. The minimum atomic E-state index is 0.184. The molecule has 0 bridgehead atoms.